The molecule has 0 spiro atoms. The van der Waals surface area contributed by atoms with Crippen molar-refractivity contribution in [1.29, 1.82) is 5.26 Å². The first-order valence-electron chi connectivity index (χ1n) is 6.18. The van der Waals surface area contributed by atoms with Crippen molar-refractivity contribution in [2.24, 2.45) is 0 Å². The zero-order valence-electron chi connectivity index (χ0n) is 10.5. The lowest BCUT2D eigenvalue weighted by Gasteiger charge is -2.36. The smallest absolute Gasteiger partial charge is 0.290 e. The zero-order valence-corrected chi connectivity index (χ0v) is 10.5. The fourth-order valence-electron chi connectivity index (χ4n) is 2.25. The molecule has 1 atom stereocenters. The summed E-state index contributed by atoms with van der Waals surface area (Å²) in [5.41, 5.74) is -0.154. The van der Waals surface area contributed by atoms with Crippen LogP contribution < -0.4 is 10.5 Å². The van der Waals surface area contributed by atoms with E-state index in [9.17, 15) is 4.79 Å². The van der Waals surface area contributed by atoms with E-state index in [0.717, 1.165) is 32.6 Å². The van der Waals surface area contributed by atoms with Gasteiger partial charge in [-0.2, -0.15) is 5.26 Å². The van der Waals surface area contributed by atoms with Crippen molar-refractivity contribution in [1.82, 2.24) is 14.9 Å². The molecule has 0 bridgehead atoms. The summed E-state index contributed by atoms with van der Waals surface area (Å²) in [4.78, 5) is 22.5. The van der Waals surface area contributed by atoms with Gasteiger partial charge in [0.2, 0.25) is 0 Å². The third kappa shape index (κ3) is 2.51. The van der Waals surface area contributed by atoms with Gasteiger partial charge in [-0.1, -0.05) is 6.92 Å². The van der Waals surface area contributed by atoms with Gasteiger partial charge >= 0.3 is 0 Å². The molecule has 0 amide bonds. The van der Waals surface area contributed by atoms with Crippen LogP contribution in [-0.2, 0) is 0 Å². The van der Waals surface area contributed by atoms with Crippen LogP contribution in [0.25, 0.3) is 0 Å². The summed E-state index contributed by atoms with van der Waals surface area (Å²) in [6.45, 7) is 5.07. The SMILES string of the molecule is CCC(C#N)N1CCN(c2ncc[nH]c2=O)CC1. The summed E-state index contributed by atoms with van der Waals surface area (Å²) < 4.78 is 0. The molecule has 18 heavy (non-hydrogen) atoms. The lowest BCUT2D eigenvalue weighted by molar-refractivity contribution is 0.216. The predicted octanol–water partition coefficient (Wildman–Crippen LogP) is 0.194. The topological polar surface area (TPSA) is 76.0 Å². The Hall–Kier alpha value is -1.87. The summed E-state index contributed by atoms with van der Waals surface area (Å²) >= 11 is 0. The highest BCUT2D eigenvalue weighted by atomic mass is 16.1. The molecular weight excluding hydrogens is 230 g/mol. The van der Waals surface area contributed by atoms with Gasteiger partial charge in [-0.3, -0.25) is 9.69 Å². The molecule has 1 N–H and O–H groups in total. The minimum Gasteiger partial charge on any atom is -0.349 e. The number of aromatic amines is 1. The minimum atomic E-state index is -0.154. The Kier molecular flexibility index (Phi) is 3.95. The first-order chi connectivity index (χ1) is 8.76. The number of hydrogen-bond donors (Lipinski definition) is 1. The highest BCUT2D eigenvalue weighted by Gasteiger charge is 2.24. The van der Waals surface area contributed by atoms with Crippen molar-refractivity contribution >= 4 is 5.82 Å². The van der Waals surface area contributed by atoms with Gasteiger partial charge in [-0.15, -0.1) is 0 Å². The van der Waals surface area contributed by atoms with E-state index in [1.165, 1.54) is 6.20 Å². The maximum Gasteiger partial charge on any atom is 0.290 e. The molecule has 1 aliphatic rings. The average Bonchev–Trinajstić information content (AvgIpc) is 2.42. The summed E-state index contributed by atoms with van der Waals surface area (Å²) in [6, 6.07) is 2.29. The van der Waals surface area contributed by atoms with Crippen molar-refractivity contribution in [3.8, 4) is 6.07 Å². The number of anilines is 1. The molecule has 0 saturated carbocycles. The largest absolute Gasteiger partial charge is 0.349 e. The third-order valence-electron chi connectivity index (χ3n) is 3.28. The molecule has 1 aromatic heterocycles. The molecule has 96 valence electrons. The van der Waals surface area contributed by atoms with Crippen LogP contribution >= 0.6 is 0 Å². The molecular formula is C12H17N5O. The van der Waals surface area contributed by atoms with E-state index >= 15 is 0 Å². The maximum absolute atomic E-state index is 11.6. The quantitative estimate of drug-likeness (QED) is 0.825. The number of nitriles is 1. The zero-order chi connectivity index (χ0) is 13.0. The van der Waals surface area contributed by atoms with Crippen molar-refractivity contribution in [2.75, 3.05) is 31.1 Å². The van der Waals surface area contributed by atoms with Crippen LogP contribution in [0.2, 0.25) is 0 Å². The molecule has 2 heterocycles. The number of aromatic nitrogens is 2. The Morgan fingerprint density at radius 3 is 2.78 bits per heavy atom. The summed E-state index contributed by atoms with van der Waals surface area (Å²) in [7, 11) is 0. The van der Waals surface area contributed by atoms with Gasteiger partial charge in [0.25, 0.3) is 5.56 Å². The van der Waals surface area contributed by atoms with Crippen LogP contribution in [0.5, 0.6) is 0 Å². The molecule has 1 unspecified atom stereocenters. The highest BCUT2D eigenvalue weighted by Crippen LogP contribution is 2.11. The first kappa shape index (κ1) is 12.6. The molecule has 0 aliphatic carbocycles. The summed E-state index contributed by atoms with van der Waals surface area (Å²) in [5, 5.41) is 9.03. The van der Waals surface area contributed by atoms with E-state index in [-0.39, 0.29) is 11.6 Å². The average molecular weight is 247 g/mol. The van der Waals surface area contributed by atoms with Gasteiger partial charge in [0.15, 0.2) is 5.82 Å². The lowest BCUT2D eigenvalue weighted by atomic mass is 10.2. The van der Waals surface area contributed by atoms with Crippen LogP contribution in [0, 0.1) is 11.3 Å². The van der Waals surface area contributed by atoms with Crippen LogP contribution in [0.4, 0.5) is 5.82 Å². The van der Waals surface area contributed by atoms with Gasteiger partial charge in [0.1, 0.15) is 0 Å². The van der Waals surface area contributed by atoms with E-state index in [4.69, 9.17) is 5.26 Å². The molecule has 6 heteroatoms. The second-order valence-corrected chi connectivity index (χ2v) is 4.32. The molecule has 1 aliphatic heterocycles. The number of piperazine rings is 1. The Labute approximate surface area is 106 Å². The number of nitrogens with one attached hydrogen (secondary N) is 1. The van der Waals surface area contributed by atoms with Crippen molar-refractivity contribution in [3.05, 3.63) is 22.7 Å². The Bertz CT molecular complexity index is 484. The molecule has 1 aromatic rings. The molecule has 2 rings (SSSR count). The van der Waals surface area contributed by atoms with Gasteiger partial charge in [-0.25, -0.2) is 4.98 Å². The number of nitrogens with zero attached hydrogens (tertiary/aromatic N) is 4. The van der Waals surface area contributed by atoms with Gasteiger partial charge in [0, 0.05) is 38.6 Å². The van der Waals surface area contributed by atoms with Crippen molar-refractivity contribution in [3.63, 3.8) is 0 Å². The first-order valence-corrected chi connectivity index (χ1v) is 6.18. The molecule has 1 fully saturated rings. The third-order valence-corrected chi connectivity index (χ3v) is 3.28. The van der Waals surface area contributed by atoms with Crippen LogP contribution in [-0.4, -0.2) is 47.1 Å². The van der Waals surface area contributed by atoms with E-state index < -0.39 is 0 Å². The summed E-state index contributed by atoms with van der Waals surface area (Å²) in [6.07, 6.45) is 3.96. The molecule has 6 nitrogen and oxygen atoms in total. The second-order valence-electron chi connectivity index (χ2n) is 4.32. The maximum atomic E-state index is 11.6. The van der Waals surface area contributed by atoms with Gasteiger partial charge in [-0.05, 0) is 6.42 Å². The minimum absolute atomic E-state index is 0.0193. The van der Waals surface area contributed by atoms with Crippen LogP contribution in [0.15, 0.2) is 17.2 Å². The van der Waals surface area contributed by atoms with Crippen molar-refractivity contribution in [2.45, 2.75) is 19.4 Å². The van der Waals surface area contributed by atoms with Gasteiger partial charge < -0.3 is 9.88 Å². The normalized spacial score (nSPS) is 18.3. The lowest BCUT2D eigenvalue weighted by Crippen LogP contribution is -2.51. The fourth-order valence-corrected chi connectivity index (χ4v) is 2.25. The predicted molar refractivity (Wildman–Crippen MR) is 68.3 cm³/mol. The van der Waals surface area contributed by atoms with E-state index in [0.29, 0.717) is 5.82 Å². The monoisotopic (exact) mass is 247 g/mol. The Balaban J connectivity index is 2.01. The second kappa shape index (κ2) is 5.65. The van der Waals surface area contributed by atoms with Gasteiger partial charge in [0.05, 0.1) is 12.1 Å². The van der Waals surface area contributed by atoms with E-state index in [1.54, 1.807) is 6.20 Å². The molecule has 0 aromatic carbocycles. The number of H-pyrrole nitrogens is 1. The van der Waals surface area contributed by atoms with Crippen molar-refractivity contribution < 1.29 is 0 Å². The number of rotatable bonds is 3. The standard InChI is InChI=1S/C12H17N5O/c1-2-10(9-13)16-5-7-17(8-6-16)11-12(18)15-4-3-14-11/h3-4,10H,2,5-8H2,1H3,(H,15,18). The Morgan fingerprint density at radius 1 is 1.50 bits per heavy atom. The Morgan fingerprint density at radius 2 is 2.22 bits per heavy atom. The van der Waals surface area contributed by atoms with Crippen LogP contribution in [0.1, 0.15) is 13.3 Å². The molecule has 1 saturated heterocycles. The van der Waals surface area contributed by atoms with E-state index in [1.807, 2.05) is 11.8 Å². The highest BCUT2D eigenvalue weighted by molar-refractivity contribution is 5.35. The fraction of sp³-hybridized carbons (Fsp3) is 0.583. The van der Waals surface area contributed by atoms with E-state index in [2.05, 4.69) is 20.9 Å². The summed E-state index contributed by atoms with van der Waals surface area (Å²) in [5.74, 6) is 0.474. The number of hydrogen-bond acceptors (Lipinski definition) is 5. The van der Waals surface area contributed by atoms with Crippen LogP contribution in [0.3, 0.4) is 0 Å². The molecule has 0 radical (unpaired) electrons.